The third-order valence-electron chi connectivity index (χ3n) is 4.86. The fraction of sp³-hybridized carbons (Fsp3) is 0.167. The van der Waals surface area contributed by atoms with Crippen molar-refractivity contribution >= 4 is 29.0 Å². The van der Waals surface area contributed by atoms with E-state index in [1.54, 1.807) is 12.0 Å². The van der Waals surface area contributed by atoms with Gasteiger partial charge >= 0.3 is 6.03 Å². The highest BCUT2D eigenvalue weighted by molar-refractivity contribution is 7.98. The summed E-state index contributed by atoms with van der Waals surface area (Å²) in [7, 11) is 1.63. The summed E-state index contributed by atoms with van der Waals surface area (Å²) in [4.78, 5) is 23.7. The van der Waals surface area contributed by atoms with Crippen molar-refractivity contribution in [2.75, 3.05) is 13.7 Å². The Kier molecular flexibility index (Phi) is 6.74. The first-order chi connectivity index (χ1) is 15.2. The Morgan fingerprint density at radius 1 is 1.06 bits per heavy atom. The molecule has 2 amide bonds. The van der Waals surface area contributed by atoms with E-state index in [1.165, 1.54) is 11.9 Å². The number of carbonyl (C=O) groups excluding carboxylic acids is 1. The zero-order valence-electron chi connectivity index (χ0n) is 17.2. The maximum atomic E-state index is 13.0. The number of carbonyl (C=O) groups is 1. The largest absolute Gasteiger partial charge is 0.497 e. The van der Waals surface area contributed by atoms with Gasteiger partial charge in [-0.3, -0.25) is 4.72 Å². The van der Waals surface area contributed by atoms with Gasteiger partial charge < -0.3 is 14.6 Å². The lowest BCUT2D eigenvalue weighted by atomic mass is 10.2. The quantitative estimate of drug-likeness (QED) is 0.383. The predicted molar refractivity (Wildman–Crippen MR) is 124 cm³/mol. The minimum atomic E-state index is -0.146. The van der Waals surface area contributed by atoms with Crippen LogP contribution in [0.4, 0.5) is 4.79 Å². The molecule has 0 aliphatic rings. The Labute approximate surface area is 185 Å². The predicted octanol–water partition coefficient (Wildman–Crippen LogP) is 5.03. The number of urea groups is 1. The van der Waals surface area contributed by atoms with Crippen LogP contribution in [0, 0.1) is 0 Å². The van der Waals surface area contributed by atoms with Crippen LogP contribution in [0.1, 0.15) is 11.4 Å². The number of aromatic amines is 1. The number of fused-ring (bicyclic) bond motifs is 1. The third-order valence-corrected chi connectivity index (χ3v) is 5.62. The minimum Gasteiger partial charge on any atom is -0.497 e. The second kappa shape index (κ2) is 10.0. The van der Waals surface area contributed by atoms with Gasteiger partial charge in [-0.1, -0.05) is 48.5 Å². The molecule has 2 N–H and O–H groups in total. The van der Waals surface area contributed by atoms with E-state index in [0.29, 0.717) is 19.5 Å². The van der Waals surface area contributed by atoms with Gasteiger partial charge in [-0.15, -0.1) is 0 Å². The lowest BCUT2D eigenvalue weighted by Crippen LogP contribution is -2.38. The number of ether oxygens (including phenoxy) is 1. The highest BCUT2D eigenvalue weighted by atomic mass is 32.2. The van der Waals surface area contributed by atoms with Crippen molar-refractivity contribution in [3.05, 3.63) is 90.3 Å². The topological polar surface area (TPSA) is 70.2 Å². The van der Waals surface area contributed by atoms with Crippen LogP contribution >= 0.6 is 11.9 Å². The van der Waals surface area contributed by atoms with Crippen molar-refractivity contribution in [2.24, 2.45) is 0 Å². The Hall–Kier alpha value is -3.45. The van der Waals surface area contributed by atoms with E-state index in [0.717, 1.165) is 33.1 Å². The van der Waals surface area contributed by atoms with Gasteiger partial charge in [0.25, 0.3) is 0 Å². The van der Waals surface area contributed by atoms with Gasteiger partial charge in [0.05, 0.1) is 18.1 Å². The first-order valence-electron chi connectivity index (χ1n) is 10.0. The Morgan fingerprint density at radius 3 is 2.68 bits per heavy atom. The monoisotopic (exact) mass is 432 g/mol. The number of nitrogens with zero attached hydrogens (tertiary/aromatic N) is 2. The van der Waals surface area contributed by atoms with Gasteiger partial charge in [-0.25, -0.2) is 9.78 Å². The number of methoxy groups -OCH3 is 1. The van der Waals surface area contributed by atoms with Crippen molar-refractivity contribution in [1.82, 2.24) is 19.6 Å². The molecule has 0 spiro atoms. The highest BCUT2D eigenvalue weighted by Crippen LogP contribution is 2.21. The summed E-state index contributed by atoms with van der Waals surface area (Å²) in [6.07, 6.45) is 0.638. The van der Waals surface area contributed by atoms with E-state index >= 15 is 0 Å². The third kappa shape index (κ3) is 5.58. The summed E-state index contributed by atoms with van der Waals surface area (Å²) in [5, 5.41) is 0. The van der Waals surface area contributed by atoms with Crippen LogP contribution in [-0.4, -0.2) is 34.6 Å². The molecule has 0 aliphatic carbocycles. The first-order valence-corrected chi connectivity index (χ1v) is 10.9. The molecule has 6 nitrogen and oxygen atoms in total. The second-order valence-electron chi connectivity index (χ2n) is 7.05. The van der Waals surface area contributed by atoms with Crippen molar-refractivity contribution in [3.8, 4) is 5.75 Å². The lowest BCUT2D eigenvalue weighted by molar-refractivity contribution is 0.202. The molecule has 0 saturated heterocycles. The number of imidazole rings is 1. The number of hydrogen-bond donors (Lipinski definition) is 2. The molecule has 0 aliphatic heterocycles. The van der Waals surface area contributed by atoms with E-state index < -0.39 is 0 Å². The smallest absolute Gasteiger partial charge is 0.327 e. The molecule has 31 heavy (non-hydrogen) atoms. The van der Waals surface area contributed by atoms with Crippen LogP contribution in [0.25, 0.3) is 11.0 Å². The number of nitrogens with one attached hydrogen (secondary N) is 2. The molecular formula is C24H24N4O2S. The molecule has 0 fully saturated rings. The number of rotatable bonds is 8. The maximum absolute atomic E-state index is 13.0. The van der Waals surface area contributed by atoms with Crippen LogP contribution in [0.15, 0.2) is 83.8 Å². The zero-order valence-corrected chi connectivity index (χ0v) is 18.1. The Morgan fingerprint density at radius 2 is 1.87 bits per heavy atom. The van der Waals surface area contributed by atoms with E-state index in [4.69, 9.17) is 4.74 Å². The average molecular weight is 433 g/mol. The summed E-state index contributed by atoms with van der Waals surface area (Å²) in [6.45, 7) is 1.06. The molecule has 0 unspecified atom stereocenters. The molecular weight excluding hydrogens is 408 g/mol. The van der Waals surface area contributed by atoms with Gasteiger partial charge in [-0.05, 0) is 47.8 Å². The molecule has 7 heteroatoms. The molecule has 4 aromatic rings. The fourth-order valence-corrected chi connectivity index (χ4v) is 3.91. The zero-order chi connectivity index (χ0) is 21.5. The Balaban J connectivity index is 1.44. The molecule has 1 aromatic heterocycles. The van der Waals surface area contributed by atoms with Crippen LogP contribution in [0.5, 0.6) is 5.75 Å². The molecule has 3 aromatic carbocycles. The number of para-hydroxylation sites is 2. The molecule has 0 saturated carbocycles. The van der Waals surface area contributed by atoms with Gasteiger partial charge in [-0.2, -0.15) is 0 Å². The van der Waals surface area contributed by atoms with Crippen LogP contribution in [0.3, 0.4) is 0 Å². The van der Waals surface area contributed by atoms with Crippen LogP contribution in [-0.2, 0) is 13.0 Å². The van der Waals surface area contributed by atoms with E-state index in [9.17, 15) is 4.79 Å². The number of benzene rings is 3. The number of aromatic nitrogens is 2. The van der Waals surface area contributed by atoms with E-state index in [1.807, 2.05) is 78.9 Å². The van der Waals surface area contributed by atoms with Crippen LogP contribution < -0.4 is 9.46 Å². The molecule has 158 valence electrons. The number of hydrogen-bond acceptors (Lipinski definition) is 4. The average Bonchev–Trinajstić information content (AvgIpc) is 3.24. The number of amides is 2. The molecule has 0 atom stereocenters. The normalized spacial score (nSPS) is 10.7. The highest BCUT2D eigenvalue weighted by Gasteiger charge is 2.15. The van der Waals surface area contributed by atoms with Crippen molar-refractivity contribution in [1.29, 1.82) is 0 Å². The van der Waals surface area contributed by atoms with E-state index in [2.05, 4.69) is 14.7 Å². The lowest BCUT2D eigenvalue weighted by Gasteiger charge is -2.22. The standard InChI is InChI=1S/C24H24N4O2S/c1-30-19-10-7-11-20(16-19)31-27-24(29)28(17-18-8-3-2-4-9-18)15-14-23-25-21-12-5-6-13-22(21)26-23/h2-13,16H,14-15,17H2,1H3,(H,25,26)(H,27,29). The van der Waals surface area contributed by atoms with Gasteiger partial charge in [0.2, 0.25) is 0 Å². The summed E-state index contributed by atoms with van der Waals surface area (Å²) >= 11 is 1.28. The van der Waals surface area contributed by atoms with E-state index in [-0.39, 0.29) is 6.03 Å². The summed E-state index contributed by atoms with van der Waals surface area (Å²) < 4.78 is 8.20. The minimum absolute atomic E-state index is 0.146. The van der Waals surface area contributed by atoms with Gasteiger partial charge in [0.15, 0.2) is 0 Å². The molecule has 0 bridgehead atoms. The summed E-state index contributed by atoms with van der Waals surface area (Å²) in [5.41, 5.74) is 3.02. The first kappa shape index (κ1) is 20.8. The number of H-pyrrole nitrogens is 1. The maximum Gasteiger partial charge on any atom is 0.327 e. The molecule has 4 rings (SSSR count). The fourth-order valence-electron chi connectivity index (χ4n) is 3.25. The van der Waals surface area contributed by atoms with Gasteiger partial charge in [0.1, 0.15) is 11.6 Å². The van der Waals surface area contributed by atoms with Crippen LogP contribution in [0.2, 0.25) is 0 Å². The second-order valence-corrected chi connectivity index (χ2v) is 7.93. The molecule has 1 heterocycles. The van der Waals surface area contributed by atoms with Gasteiger partial charge in [0, 0.05) is 24.4 Å². The van der Waals surface area contributed by atoms with Crippen molar-refractivity contribution in [3.63, 3.8) is 0 Å². The summed E-state index contributed by atoms with van der Waals surface area (Å²) in [6, 6.07) is 25.4. The van der Waals surface area contributed by atoms with Crippen molar-refractivity contribution < 1.29 is 9.53 Å². The SMILES string of the molecule is COc1cccc(SNC(=O)N(CCc2nc3ccccc3[nH]2)Cc2ccccc2)c1. The van der Waals surface area contributed by atoms with Crippen molar-refractivity contribution in [2.45, 2.75) is 17.9 Å². The summed E-state index contributed by atoms with van der Waals surface area (Å²) in [5.74, 6) is 1.62. The molecule has 0 radical (unpaired) electrons. The Bertz CT molecular complexity index is 1110.